The summed E-state index contributed by atoms with van der Waals surface area (Å²) in [4.78, 5) is 12.1. The number of rotatable bonds is 4. The summed E-state index contributed by atoms with van der Waals surface area (Å²) in [7, 11) is 1.19. The number of ether oxygens (including phenoxy) is 1. The quantitative estimate of drug-likeness (QED) is 0.299. The normalized spacial score (nSPS) is 12.7. The summed E-state index contributed by atoms with van der Waals surface area (Å²) >= 11 is 12.8. The number of carbonyl (C=O) groups is 1. The minimum Gasteiger partial charge on any atom is -0.465 e. The molecule has 0 fully saturated rings. The SMILES string of the molecule is COC(=O)c1ccc(Cl)c(C(O)c2cc3c(C)cc(C(F)(F)F)cc3n2-c2ccccc2)c1Cl. The fraction of sp³-hybridized carbons (Fsp3) is 0.160. The predicted octanol–water partition coefficient (Wildman–Crippen LogP) is 7.13. The van der Waals surface area contributed by atoms with Gasteiger partial charge in [0.05, 0.1) is 34.5 Å². The lowest BCUT2D eigenvalue weighted by atomic mass is 10.0. The van der Waals surface area contributed by atoms with Crippen molar-refractivity contribution in [1.29, 1.82) is 0 Å². The van der Waals surface area contributed by atoms with Gasteiger partial charge in [0.25, 0.3) is 0 Å². The second kappa shape index (κ2) is 8.98. The predicted molar refractivity (Wildman–Crippen MR) is 125 cm³/mol. The number of aliphatic hydroxyl groups excluding tert-OH is 1. The number of para-hydroxylation sites is 1. The molecule has 0 aliphatic carbocycles. The van der Waals surface area contributed by atoms with E-state index in [1.807, 2.05) is 0 Å². The summed E-state index contributed by atoms with van der Waals surface area (Å²) < 4.78 is 47.0. The molecule has 9 heteroatoms. The van der Waals surface area contributed by atoms with Crippen LogP contribution in [0.25, 0.3) is 16.6 Å². The molecule has 0 saturated carbocycles. The summed E-state index contributed by atoms with van der Waals surface area (Å²) in [5.41, 5.74) is 0.631. The molecule has 1 aromatic heterocycles. The molecule has 0 saturated heterocycles. The van der Waals surface area contributed by atoms with Crippen LogP contribution < -0.4 is 0 Å². The Labute approximate surface area is 203 Å². The second-order valence-corrected chi connectivity index (χ2v) is 8.47. The van der Waals surface area contributed by atoms with Gasteiger partial charge >= 0.3 is 12.1 Å². The first-order chi connectivity index (χ1) is 16.0. The maximum atomic E-state index is 13.6. The maximum absolute atomic E-state index is 13.6. The molecular formula is C25H18Cl2F3NO3. The molecule has 4 nitrogen and oxygen atoms in total. The highest BCUT2D eigenvalue weighted by molar-refractivity contribution is 6.38. The van der Waals surface area contributed by atoms with Crippen LogP contribution in [0.2, 0.25) is 10.0 Å². The van der Waals surface area contributed by atoms with Crippen LogP contribution in [-0.2, 0) is 10.9 Å². The molecule has 1 heterocycles. The Morgan fingerprint density at radius 1 is 1.06 bits per heavy atom. The summed E-state index contributed by atoms with van der Waals surface area (Å²) in [5.74, 6) is -0.718. The first-order valence-corrected chi connectivity index (χ1v) is 10.8. The van der Waals surface area contributed by atoms with Gasteiger partial charge in [-0.15, -0.1) is 0 Å². The Hall–Kier alpha value is -3.00. The molecular weight excluding hydrogens is 490 g/mol. The van der Waals surface area contributed by atoms with E-state index in [9.17, 15) is 23.1 Å². The third-order valence-corrected chi connectivity index (χ3v) is 6.32. The van der Waals surface area contributed by atoms with Crippen LogP contribution in [0.4, 0.5) is 13.2 Å². The number of aromatic nitrogens is 1. The summed E-state index contributed by atoms with van der Waals surface area (Å²) in [6, 6.07) is 15.1. The summed E-state index contributed by atoms with van der Waals surface area (Å²) in [5, 5.41) is 11.9. The van der Waals surface area contributed by atoms with Crippen molar-refractivity contribution in [2.45, 2.75) is 19.2 Å². The van der Waals surface area contributed by atoms with Gasteiger partial charge in [-0.05, 0) is 55.0 Å². The van der Waals surface area contributed by atoms with Crippen molar-refractivity contribution in [1.82, 2.24) is 4.57 Å². The zero-order chi connectivity index (χ0) is 24.8. The lowest BCUT2D eigenvalue weighted by Gasteiger charge is -2.19. The van der Waals surface area contributed by atoms with Crippen LogP contribution in [0, 0.1) is 6.92 Å². The zero-order valence-electron chi connectivity index (χ0n) is 18.0. The van der Waals surface area contributed by atoms with E-state index in [2.05, 4.69) is 0 Å². The van der Waals surface area contributed by atoms with Crippen LogP contribution in [0.1, 0.15) is 38.8 Å². The fourth-order valence-corrected chi connectivity index (χ4v) is 4.62. The monoisotopic (exact) mass is 507 g/mol. The minimum atomic E-state index is -4.55. The van der Waals surface area contributed by atoms with E-state index in [1.165, 1.54) is 23.8 Å². The van der Waals surface area contributed by atoms with Crippen molar-refractivity contribution in [3.05, 3.63) is 98.7 Å². The first-order valence-electron chi connectivity index (χ1n) is 10.1. The molecule has 0 amide bonds. The Kier molecular flexibility index (Phi) is 6.38. The number of hydrogen-bond acceptors (Lipinski definition) is 3. The van der Waals surface area contributed by atoms with Gasteiger partial charge in [0.2, 0.25) is 0 Å². The number of alkyl halides is 3. The Morgan fingerprint density at radius 2 is 1.74 bits per heavy atom. The molecule has 0 bridgehead atoms. The zero-order valence-corrected chi connectivity index (χ0v) is 19.5. The highest BCUT2D eigenvalue weighted by atomic mass is 35.5. The van der Waals surface area contributed by atoms with Gasteiger partial charge in [-0.2, -0.15) is 13.2 Å². The van der Waals surface area contributed by atoms with E-state index < -0.39 is 23.8 Å². The van der Waals surface area contributed by atoms with E-state index in [0.717, 1.165) is 12.1 Å². The Bertz CT molecular complexity index is 1400. The van der Waals surface area contributed by atoms with Crippen LogP contribution in [-0.4, -0.2) is 22.8 Å². The largest absolute Gasteiger partial charge is 0.465 e. The van der Waals surface area contributed by atoms with Gasteiger partial charge in [-0.3, -0.25) is 0 Å². The molecule has 3 aromatic carbocycles. The molecule has 0 aliphatic heterocycles. The van der Waals surface area contributed by atoms with Gasteiger partial charge in [0, 0.05) is 21.7 Å². The molecule has 1 atom stereocenters. The topological polar surface area (TPSA) is 51.5 Å². The number of aryl methyl sites for hydroxylation is 1. The van der Waals surface area contributed by atoms with Gasteiger partial charge in [-0.1, -0.05) is 41.4 Å². The molecule has 0 aliphatic rings. The van der Waals surface area contributed by atoms with Gasteiger partial charge in [-0.25, -0.2) is 4.79 Å². The molecule has 0 radical (unpaired) electrons. The fourth-order valence-electron chi connectivity index (χ4n) is 3.97. The van der Waals surface area contributed by atoms with Crippen molar-refractivity contribution in [3.63, 3.8) is 0 Å². The van der Waals surface area contributed by atoms with Gasteiger partial charge < -0.3 is 14.4 Å². The van der Waals surface area contributed by atoms with Crippen LogP contribution in [0.15, 0.2) is 60.7 Å². The van der Waals surface area contributed by atoms with Crippen LogP contribution >= 0.6 is 23.2 Å². The number of halogens is 5. The lowest BCUT2D eigenvalue weighted by molar-refractivity contribution is -0.137. The summed E-state index contributed by atoms with van der Waals surface area (Å²) in [6.45, 7) is 1.57. The third kappa shape index (κ3) is 4.15. The standard InChI is InChI=1S/C25H18Cl2F3NO3/c1-13-10-14(25(28,29)30)11-19-17(13)12-20(31(19)15-6-4-3-5-7-15)23(32)21-18(26)9-8-16(22(21)27)24(33)34-2/h3-12,23,32H,1-2H3. The average Bonchev–Trinajstić information content (AvgIpc) is 3.19. The van der Waals surface area contributed by atoms with Gasteiger partial charge in [0.1, 0.15) is 6.10 Å². The minimum absolute atomic E-state index is 0.000488. The molecule has 4 rings (SSSR count). The molecule has 1 N–H and O–H groups in total. The number of aliphatic hydroxyl groups is 1. The van der Waals surface area contributed by atoms with Crippen molar-refractivity contribution < 1.29 is 27.8 Å². The number of carbonyl (C=O) groups excluding carboxylic acids is 1. The number of esters is 1. The van der Waals surface area contributed by atoms with E-state index in [0.29, 0.717) is 16.6 Å². The Morgan fingerprint density at radius 3 is 2.35 bits per heavy atom. The maximum Gasteiger partial charge on any atom is 0.416 e. The number of fused-ring (bicyclic) bond motifs is 1. The highest BCUT2D eigenvalue weighted by Crippen LogP contribution is 2.41. The van der Waals surface area contributed by atoms with E-state index >= 15 is 0 Å². The lowest BCUT2D eigenvalue weighted by Crippen LogP contribution is -2.11. The van der Waals surface area contributed by atoms with Crippen LogP contribution in [0.5, 0.6) is 0 Å². The third-order valence-electron chi connectivity index (χ3n) is 5.58. The first kappa shape index (κ1) is 24.1. The van der Waals surface area contributed by atoms with Crippen molar-refractivity contribution >= 4 is 40.1 Å². The summed E-state index contributed by atoms with van der Waals surface area (Å²) in [6.07, 6.45) is -6.02. The number of hydrogen-bond donors (Lipinski definition) is 1. The molecule has 4 aromatic rings. The average molecular weight is 508 g/mol. The number of benzene rings is 3. The van der Waals surface area contributed by atoms with Crippen molar-refractivity contribution in [2.24, 2.45) is 0 Å². The number of nitrogens with zero attached hydrogens (tertiary/aromatic N) is 1. The molecule has 1 unspecified atom stereocenters. The highest BCUT2D eigenvalue weighted by Gasteiger charge is 2.33. The number of methoxy groups -OCH3 is 1. The van der Waals surface area contributed by atoms with Crippen molar-refractivity contribution in [3.8, 4) is 5.69 Å². The Balaban J connectivity index is 2.04. The van der Waals surface area contributed by atoms with E-state index in [4.69, 9.17) is 27.9 Å². The molecule has 176 valence electrons. The second-order valence-electron chi connectivity index (χ2n) is 7.68. The van der Waals surface area contributed by atoms with Gasteiger partial charge in [0.15, 0.2) is 0 Å². The van der Waals surface area contributed by atoms with Crippen LogP contribution in [0.3, 0.4) is 0 Å². The smallest absolute Gasteiger partial charge is 0.416 e. The van der Waals surface area contributed by atoms with E-state index in [-0.39, 0.29) is 32.4 Å². The van der Waals surface area contributed by atoms with E-state index in [1.54, 1.807) is 43.3 Å². The molecule has 0 spiro atoms. The van der Waals surface area contributed by atoms with Crippen molar-refractivity contribution in [2.75, 3.05) is 7.11 Å². The molecule has 34 heavy (non-hydrogen) atoms.